The number of rotatable bonds is 5. The second-order valence-electron chi connectivity index (χ2n) is 5.71. The zero-order valence-electron chi connectivity index (χ0n) is 12.8. The van der Waals surface area contributed by atoms with Gasteiger partial charge in [0.15, 0.2) is 0 Å². The van der Waals surface area contributed by atoms with E-state index in [1.54, 1.807) is 32.9 Å². The van der Waals surface area contributed by atoms with E-state index in [-0.39, 0.29) is 5.56 Å². The van der Waals surface area contributed by atoms with Gasteiger partial charge in [0.2, 0.25) is 0 Å². The molecular weight excluding hydrogens is 272 g/mol. The molecule has 0 heterocycles. The smallest absolute Gasteiger partial charge is 0.407 e. The van der Waals surface area contributed by atoms with Crippen LogP contribution in [-0.2, 0) is 4.74 Å². The first-order valence-electron chi connectivity index (χ1n) is 6.74. The van der Waals surface area contributed by atoms with Gasteiger partial charge in [0, 0.05) is 18.8 Å². The average molecular weight is 294 g/mol. The van der Waals surface area contributed by atoms with Crippen molar-refractivity contribution in [2.24, 2.45) is 0 Å². The topological polar surface area (TPSA) is 87.7 Å². The lowest BCUT2D eigenvalue weighted by atomic mass is 10.1. The maximum absolute atomic E-state index is 11.4. The molecular formula is C15H22N2O4. The van der Waals surface area contributed by atoms with E-state index in [4.69, 9.17) is 9.84 Å². The van der Waals surface area contributed by atoms with Crippen LogP contribution in [0.2, 0.25) is 0 Å². The summed E-state index contributed by atoms with van der Waals surface area (Å²) in [6, 6.07) is 5.15. The van der Waals surface area contributed by atoms with Gasteiger partial charge in [-0.05, 0) is 39.8 Å². The highest BCUT2D eigenvalue weighted by Crippen LogP contribution is 2.17. The number of hydrogen-bond acceptors (Lipinski definition) is 4. The predicted molar refractivity (Wildman–Crippen MR) is 80.9 cm³/mol. The first kappa shape index (κ1) is 16.8. The van der Waals surface area contributed by atoms with Gasteiger partial charge >= 0.3 is 12.1 Å². The number of carboxylic acids is 1. The SMILES string of the molecule is Cc1ccc(NCCNC(=O)OC(C)(C)C)c(C(=O)O)c1. The van der Waals surface area contributed by atoms with Crippen molar-refractivity contribution in [3.05, 3.63) is 29.3 Å². The third kappa shape index (κ3) is 6.16. The molecule has 21 heavy (non-hydrogen) atoms. The minimum Gasteiger partial charge on any atom is -0.478 e. The number of aryl methyl sites for hydroxylation is 1. The number of carbonyl (C=O) groups is 2. The Kier molecular flexibility index (Phi) is 5.58. The molecule has 0 aliphatic carbocycles. The Morgan fingerprint density at radius 1 is 1.24 bits per heavy atom. The first-order valence-corrected chi connectivity index (χ1v) is 6.74. The lowest BCUT2D eigenvalue weighted by molar-refractivity contribution is 0.0529. The van der Waals surface area contributed by atoms with Crippen molar-refractivity contribution in [2.75, 3.05) is 18.4 Å². The van der Waals surface area contributed by atoms with Gasteiger partial charge in [-0.3, -0.25) is 0 Å². The van der Waals surface area contributed by atoms with Gasteiger partial charge in [-0.25, -0.2) is 9.59 Å². The number of ether oxygens (including phenoxy) is 1. The second kappa shape index (κ2) is 6.97. The molecule has 0 unspecified atom stereocenters. The third-order valence-electron chi connectivity index (χ3n) is 2.51. The van der Waals surface area contributed by atoms with Gasteiger partial charge < -0.3 is 20.5 Å². The van der Waals surface area contributed by atoms with E-state index in [0.717, 1.165) is 5.56 Å². The van der Waals surface area contributed by atoms with E-state index in [1.165, 1.54) is 0 Å². The number of nitrogens with one attached hydrogen (secondary N) is 2. The maximum atomic E-state index is 11.4. The van der Waals surface area contributed by atoms with E-state index in [0.29, 0.717) is 18.8 Å². The molecule has 0 saturated heterocycles. The molecule has 0 aliphatic rings. The fourth-order valence-corrected chi connectivity index (χ4v) is 1.67. The average Bonchev–Trinajstić information content (AvgIpc) is 2.33. The zero-order valence-corrected chi connectivity index (χ0v) is 12.8. The van der Waals surface area contributed by atoms with Gasteiger partial charge in [0.05, 0.1) is 5.56 Å². The van der Waals surface area contributed by atoms with Gasteiger partial charge in [0.25, 0.3) is 0 Å². The Hall–Kier alpha value is -2.24. The summed E-state index contributed by atoms with van der Waals surface area (Å²) in [7, 11) is 0. The Labute approximate surface area is 124 Å². The van der Waals surface area contributed by atoms with E-state index in [1.807, 2.05) is 13.0 Å². The standard InChI is InChI=1S/C15H22N2O4/c1-10-5-6-12(11(9-10)13(18)19)16-7-8-17-14(20)21-15(2,3)4/h5-6,9,16H,7-8H2,1-4H3,(H,17,20)(H,18,19). The fraction of sp³-hybridized carbons (Fsp3) is 0.467. The van der Waals surface area contributed by atoms with Gasteiger partial charge in [-0.1, -0.05) is 11.6 Å². The summed E-state index contributed by atoms with van der Waals surface area (Å²) in [5.74, 6) is -0.985. The number of amides is 1. The van der Waals surface area contributed by atoms with Crippen LogP contribution in [0.25, 0.3) is 0 Å². The number of alkyl carbamates (subject to hydrolysis) is 1. The molecule has 0 saturated carbocycles. The third-order valence-corrected chi connectivity index (χ3v) is 2.51. The largest absolute Gasteiger partial charge is 0.478 e. The minimum absolute atomic E-state index is 0.215. The highest BCUT2D eigenvalue weighted by Gasteiger charge is 2.15. The van der Waals surface area contributed by atoms with Crippen molar-refractivity contribution in [3.63, 3.8) is 0 Å². The van der Waals surface area contributed by atoms with Gasteiger partial charge in [0.1, 0.15) is 5.60 Å². The molecule has 0 aliphatic heterocycles. The number of benzene rings is 1. The zero-order chi connectivity index (χ0) is 16.0. The van der Waals surface area contributed by atoms with Gasteiger partial charge in [-0.15, -0.1) is 0 Å². The number of anilines is 1. The van der Waals surface area contributed by atoms with Crippen molar-refractivity contribution in [2.45, 2.75) is 33.3 Å². The molecule has 1 aromatic carbocycles. The summed E-state index contributed by atoms with van der Waals surface area (Å²) in [6.45, 7) is 7.94. The van der Waals surface area contributed by atoms with E-state index in [2.05, 4.69) is 10.6 Å². The quantitative estimate of drug-likeness (QED) is 0.727. The molecule has 0 spiro atoms. The molecule has 3 N–H and O–H groups in total. The van der Waals surface area contributed by atoms with E-state index >= 15 is 0 Å². The van der Waals surface area contributed by atoms with Crippen molar-refractivity contribution < 1.29 is 19.4 Å². The van der Waals surface area contributed by atoms with Crippen molar-refractivity contribution in [3.8, 4) is 0 Å². The molecule has 1 amide bonds. The monoisotopic (exact) mass is 294 g/mol. The number of carboxylic acid groups (broad SMARTS) is 1. The Morgan fingerprint density at radius 2 is 1.90 bits per heavy atom. The van der Waals surface area contributed by atoms with Crippen LogP contribution in [0.15, 0.2) is 18.2 Å². The Balaban J connectivity index is 2.47. The van der Waals surface area contributed by atoms with Crippen LogP contribution in [0.4, 0.5) is 10.5 Å². The molecule has 0 aromatic heterocycles. The van der Waals surface area contributed by atoms with Gasteiger partial charge in [-0.2, -0.15) is 0 Å². The van der Waals surface area contributed by atoms with E-state index < -0.39 is 17.7 Å². The lowest BCUT2D eigenvalue weighted by Crippen LogP contribution is -2.35. The van der Waals surface area contributed by atoms with E-state index in [9.17, 15) is 9.59 Å². The summed E-state index contributed by atoms with van der Waals surface area (Å²) >= 11 is 0. The molecule has 0 fully saturated rings. The minimum atomic E-state index is -0.985. The Morgan fingerprint density at radius 3 is 2.48 bits per heavy atom. The molecule has 1 aromatic rings. The first-order chi connectivity index (χ1) is 9.69. The number of hydrogen-bond donors (Lipinski definition) is 3. The van der Waals surface area contributed by atoms with Crippen LogP contribution < -0.4 is 10.6 Å². The van der Waals surface area contributed by atoms with Crippen LogP contribution in [0.1, 0.15) is 36.7 Å². The van der Waals surface area contributed by atoms with Crippen LogP contribution in [0.5, 0.6) is 0 Å². The summed E-state index contributed by atoms with van der Waals surface area (Å²) < 4.78 is 5.10. The maximum Gasteiger partial charge on any atom is 0.407 e. The molecule has 1 rings (SSSR count). The second-order valence-corrected chi connectivity index (χ2v) is 5.71. The molecule has 0 radical (unpaired) electrons. The number of carbonyl (C=O) groups excluding carboxylic acids is 1. The van der Waals surface area contributed by atoms with Crippen molar-refractivity contribution in [1.82, 2.24) is 5.32 Å². The summed E-state index contributed by atoms with van der Waals surface area (Å²) in [4.78, 5) is 22.6. The lowest BCUT2D eigenvalue weighted by Gasteiger charge is -2.19. The molecule has 0 bridgehead atoms. The molecule has 6 heteroatoms. The summed E-state index contributed by atoms with van der Waals surface area (Å²) in [6.07, 6.45) is -0.494. The van der Waals surface area contributed by atoms with Crippen LogP contribution in [-0.4, -0.2) is 35.9 Å². The Bertz CT molecular complexity index is 521. The van der Waals surface area contributed by atoms with Crippen LogP contribution >= 0.6 is 0 Å². The normalized spacial score (nSPS) is 10.9. The molecule has 116 valence electrons. The summed E-state index contributed by atoms with van der Waals surface area (Å²) in [5, 5.41) is 14.7. The predicted octanol–water partition coefficient (Wildman–Crippen LogP) is 2.63. The summed E-state index contributed by atoms with van der Waals surface area (Å²) in [5.41, 5.74) is 1.08. The molecule has 0 atom stereocenters. The highest BCUT2D eigenvalue weighted by molar-refractivity contribution is 5.94. The van der Waals surface area contributed by atoms with Crippen molar-refractivity contribution >= 4 is 17.7 Å². The van der Waals surface area contributed by atoms with Crippen LogP contribution in [0, 0.1) is 6.92 Å². The fourth-order valence-electron chi connectivity index (χ4n) is 1.67. The van der Waals surface area contributed by atoms with Crippen LogP contribution in [0.3, 0.4) is 0 Å². The molecule has 6 nitrogen and oxygen atoms in total. The van der Waals surface area contributed by atoms with Crippen molar-refractivity contribution in [1.29, 1.82) is 0 Å². The highest BCUT2D eigenvalue weighted by atomic mass is 16.6. The number of aromatic carboxylic acids is 1.